The number of morpholine rings is 1. The van der Waals surface area contributed by atoms with E-state index in [2.05, 4.69) is 25.8 Å². The van der Waals surface area contributed by atoms with E-state index in [0.29, 0.717) is 18.1 Å². The van der Waals surface area contributed by atoms with E-state index in [4.69, 9.17) is 4.74 Å². The Kier molecular flexibility index (Phi) is 4.07. The van der Waals surface area contributed by atoms with Crippen molar-refractivity contribution in [1.29, 1.82) is 0 Å². The van der Waals surface area contributed by atoms with Gasteiger partial charge in [-0.2, -0.15) is 4.99 Å². The molecule has 1 fully saturated rings. The van der Waals surface area contributed by atoms with Crippen molar-refractivity contribution in [2.24, 2.45) is 4.99 Å². The fraction of sp³-hybridized carbons (Fsp3) is 0.333. The first-order valence-electron chi connectivity index (χ1n) is 5.82. The molecule has 3 rings (SSSR count). The monoisotopic (exact) mass is 358 g/mol. The van der Waals surface area contributed by atoms with E-state index in [1.165, 1.54) is 11.8 Å². The highest BCUT2D eigenvalue weighted by Crippen LogP contribution is 2.32. The third-order valence-corrected chi connectivity index (χ3v) is 5.44. The minimum atomic E-state index is -0.143. The maximum Gasteiger partial charge on any atom is 0.286 e. The summed E-state index contributed by atoms with van der Waals surface area (Å²) in [6.07, 6.45) is 1.90. The number of aliphatic imine (C=N–C) groups is 1. The first kappa shape index (κ1) is 13.4. The van der Waals surface area contributed by atoms with Crippen molar-refractivity contribution in [3.05, 3.63) is 25.7 Å². The zero-order valence-electron chi connectivity index (χ0n) is 9.97. The average molecular weight is 359 g/mol. The third-order valence-electron chi connectivity index (χ3n) is 2.75. The minimum absolute atomic E-state index is 0.143. The van der Waals surface area contributed by atoms with Crippen molar-refractivity contribution in [3.8, 4) is 0 Å². The van der Waals surface area contributed by atoms with Crippen LogP contribution in [0.2, 0.25) is 0 Å². The summed E-state index contributed by atoms with van der Waals surface area (Å²) in [6.45, 7) is 3.00. The smallest absolute Gasteiger partial charge is 0.286 e. The number of hydrogen-bond acceptors (Lipinski definition) is 5. The lowest BCUT2D eigenvalue weighted by atomic mass is 10.4. The van der Waals surface area contributed by atoms with Gasteiger partial charge in [-0.15, -0.1) is 11.3 Å². The Hall–Kier alpha value is -0.630. The Labute approximate surface area is 127 Å². The Bertz CT molecular complexity index is 562. The van der Waals surface area contributed by atoms with Crippen LogP contribution in [0.3, 0.4) is 0 Å². The predicted octanol–water partition coefficient (Wildman–Crippen LogP) is 2.81. The van der Waals surface area contributed by atoms with E-state index in [9.17, 15) is 4.79 Å². The number of amides is 1. The molecular formula is C12H11BrN2O2S2. The number of halogens is 1. The van der Waals surface area contributed by atoms with E-state index >= 15 is 0 Å². The van der Waals surface area contributed by atoms with Gasteiger partial charge >= 0.3 is 0 Å². The van der Waals surface area contributed by atoms with Gasteiger partial charge in [0.15, 0.2) is 5.17 Å². The van der Waals surface area contributed by atoms with E-state index in [1.54, 1.807) is 11.3 Å². The zero-order valence-corrected chi connectivity index (χ0v) is 13.2. The standard InChI is InChI=1S/C12H11BrN2O2S2/c13-8-5-9(18-7-8)6-10-11(16)14-12(19-10)15-1-3-17-4-2-15/h5-7H,1-4H2. The van der Waals surface area contributed by atoms with Gasteiger partial charge in [0.1, 0.15) is 0 Å². The average Bonchev–Trinajstić information content (AvgIpc) is 2.98. The molecule has 1 aromatic rings. The number of thiophene rings is 1. The van der Waals surface area contributed by atoms with Crippen molar-refractivity contribution in [1.82, 2.24) is 4.90 Å². The Balaban J connectivity index is 1.74. The number of carbonyl (C=O) groups is 1. The van der Waals surface area contributed by atoms with Crippen LogP contribution in [0.1, 0.15) is 4.88 Å². The Morgan fingerprint density at radius 1 is 1.42 bits per heavy atom. The van der Waals surface area contributed by atoms with Crippen molar-refractivity contribution < 1.29 is 9.53 Å². The lowest BCUT2D eigenvalue weighted by Crippen LogP contribution is -2.38. The molecule has 0 atom stereocenters. The van der Waals surface area contributed by atoms with Gasteiger partial charge < -0.3 is 9.64 Å². The van der Waals surface area contributed by atoms with Gasteiger partial charge in [0, 0.05) is 27.8 Å². The topological polar surface area (TPSA) is 41.9 Å². The number of rotatable bonds is 1. The van der Waals surface area contributed by atoms with Crippen molar-refractivity contribution in [2.75, 3.05) is 26.3 Å². The number of nitrogens with zero attached hydrogens (tertiary/aromatic N) is 2. The van der Waals surface area contributed by atoms with Crippen LogP contribution in [0, 0.1) is 0 Å². The maximum atomic E-state index is 11.9. The molecule has 0 radical (unpaired) electrons. The van der Waals surface area contributed by atoms with Crippen molar-refractivity contribution >= 4 is 56.2 Å². The summed E-state index contributed by atoms with van der Waals surface area (Å²) in [4.78, 5) is 19.9. The molecule has 7 heteroatoms. The molecule has 2 aliphatic rings. The quantitative estimate of drug-likeness (QED) is 0.724. The fourth-order valence-corrected chi connectivity index (χ4v) is 4.23. The lowest BCUT2D eigenvalue weighted by Gasteiger charge is -2.27. The fourth-order valence-electron chi connectivity index (χ4n) is 1.82. The predicted molar refractivity (Wildman–Crippen MR) is 82.4 cm³/mol. The number of thioether (sulfide) groups is 1. The summed E-state index contributed by atoms with van der Waals surface area (Å²) in [5, 5.41) is 2.80. The van der Waals surface area contributed by atoms with E-state index in [1.807, 2.05) is 17.5 Å². The van der Waals surface area contributed by atoms with Gasteiger partial charge in [-0.05, 0) is 39.8 Å². The van der Waals surface area contributed by atoms with Gasteiger partial charge in [-0.25, -0.2) is 0 Å². The molecule has 0 spiro atoms. The molecule has 0 aliphatic carbocycles. The largest absolute Gasteiger partial charge is 0.378 e. The van der Waals surface area contributed by atoms with Crippen molar-refractivity contribution in [2.45, 2.75) is 0 Å². The van der Waals surface area contributed by atoms with Gasteiger partial charge in [0.25, 0.3) is 5.91 Å². The number of amidine groups is 1. The molecule has 100 valence electrons. The summed E-state index contributed by atoms with van der Waals surface area (Å²) in [5.41, 5.74) is 0. The molecule has 4 nitrogen and oxygen atoms in total. The van der Waals surface area contributed by atoms with Gasteiger partial charge in [0.05, 0.1) is 18.1 Å². The minimum Gasteiger partial charge on any atom is -0.378 e. The summed E-state index contributed by atoms with van der Waals surface area (Å²) >= 11 is 6.46. The van der Waals surface area contributed by atoms with E-state index < -0.39 is 0 Å². The molecule has 0 saturated carbocycles. The Morgan fingerprint density at radius 2 is 2.21 bits per heavy atom. The first-order chi connectivity index (χ1) is 9.22. The molecule has 0 bridgehead atoms. The number of ether oxygens (including phenoxy) is 1. The van der Waals surface area contributed by atoms with Crippen LogP contribution < -0.4 is 0 Å². The second-order valence-corrected chi connectivity index (χ2v) is 6.94. The molecule has 1 saturated heterocycles. The van der Waals surface area contributed by atoms with Crippen LogP contribution in [0.15, 0.2) is 25.8 Å². The number of carbonyl (C=O) groups excluding carboxylic acids is 1. The molecule has 0 unspecified atom stereocenters. The van der Waals surface area contributed by atoms with Gasteiger partial charge in [0.2, 0.25) is 0 Å². The highest BCUT2D eigenvalue weighted by Gasteiger charge is 2.27. The summed E-state index contributed by atoms with van der Waals surface area (Å²) in [5.74, 6) is -0.143. The molecule has 0 N–H and O–H groups in total. The number of hydrogen-bond donors (Lipinski definition) is 0. The van der Waals surface area contributed by atoms with Crippen LogP contribution >= 0.6 is 39.0 Å². The summed E-state index contributed by atoms with van der Waals surface area (Å²) in [6, 6.07) is 2.00. The van der Waals surface area contributed by atoms with Crippen LogP contribution in [-0.2, 0) is 9.53 Å². The van der Waals surface area contributed by atoms with Crippen LogP contribution in [0.4, 0.5) is 0 Å². The summed E-state index contributed by atoms with van der Waals surface area (Å²) in [7, 11) is 0. The third kappa shape index (κ3) is 3.10. The molecule has 19 heavy (non-hydrogen) atoms. The van der Waals surface area contributed by atoms with Gasteiger partial charge in [-0.3, -0.25) is 4.79 Å². The zero-order chi connectivity index (χ0) is 13.2. The van der Waals surface area contributed by atoms with E-state index in [0.717, 1.165) is 27.6 Å². The SMILES string of the molecule is O=C1N=C(N2CCOCC2)SC1=Cc1cc(Br)cs1. The molecule has 2 aliphatic heterocycles. The molecule has 1 aromatic heterocycles. The van der Waals surface area contributed by atoms with Crippen molar-refractivity contribution in [3.63, 3.8) is 0 Å². The van der Waals surface area contributed by atoms with Crippen LogP contribution in [0.25, 0.3) is 6.08 Å². The molecule has 1 amide bonds. The second-order valence-electron chi connectivity index (χ2n) is 4.08. The van der Waals surface area contributed by atoms with Crippen LogP contribution in [-0.4, -0.2) is 42.3 Å². The Morgan fingerprint density at radius 3 is 2.89 bits per heavy atom. The van der Waals surface area contributed by atoms with E-state index in [-0.39, 0.29) is 5.91 Å². The lowest BCUT2D eigenvalue weighted by molar-refractivity contribution is -0.113. The first-order valence-corrected chi connectivity index (χ1v) is 8.30. The molecule has 0 aromatic carbocycles. The maximum absolute atomic E-state index is 11.9. The highest BCUT2D eigenvalue weighted by atomic mass is 79.9. The summed E-state index contributed by atoms with van der Waals surface area (Å²) < 4.78 is 6.34. The van der Waals surface area contributed by atoms with Gasteiger partial charge in [-0.1, -0.05) is 0 Å². The normalized spacial score (nSPS) is 22.2. The highest BCUT2D eigenvalue weighted by molar-refractivity contribution is 9.10. The second kappa shape index (κ2) is 5.78. The van der Waals surface area contributed by atoms with Crippen LogP contribution in [0.5, 0.6) is 0 Å². The molecule has 3 heterocycles. The molecular weight excluding hydrogens is 348 g/mol.